The number of fused-ring (bicyclic) bond motifs is 2. The number of amidine groups is 1. The fraction of sp³-hybridized carbons (Fsp3) is 0.320. The molecule has 0 radical (unpaired) electrons. The van der Waals surface area contributed by atoms with Crippen LogP contribution in [0.2, 0.25) is 0 Å². The van der Waals surface area contributed by atoms with Crippen molar-refractivity contribution in [3.05, 3.63) is 65.5 Å². The number of rotatable bonds is 5. The number of morpholine rings is 1. The number of carbonyl (C=O) groups is 1. The third-order valence-electron chi connectivity index (χ3n) is 6.64. The lowest BCUT2D eigenvalue weighted by Crippen LogP contribution is -2.35. The van der Waals surface area contributed by atoms with E-state index in [4.69, 9.17) is 10.5 Å². The Balaban J connectivity index is 1.24. The van der Waals surface area contributed by atoms with Gasteiger partial charge < -0.3 is 20.8 Å². The van der Waals surface area contributed by atoms with Crippen molar-refractivity contribution in [3.63, 3.8) is 0 Å². The Morgan fingerprint density at radius 2 is 2.12 bits per heavy atom. The Morgan fingerprint density at radius 3 is 2.97 bits per heavy atom. The maximum Gasteiger partial charge on any atom is 0.214 e. The Morgan fingerprint density at radius 1 is 1.26 bits per heavy atom. The third-order valence-corrected chi connectivity index (χ3v) is 6.64. The first kappa shape index (κ1) is 20.9. The van der Waals surface area contributed by atoms with E-state index < -0.39 is 0 Å². The number of hydrogen-bond acceptors (Lipinski definition) is 7. The van der Waals surface area contributed by atoms with Gasteiger partial charge in [0.2, 0.25) is 5.78 Å². The van der Waals surface area contributed by atoms with E-state index in [0.717, 1.165) is 55.3 Å². The molecule has 9 nitrogen and oxygen atoms in total. The van der Waals surface area contributed by atoms with Crippen molar-refractivity contribution in [2.24, 2.45) is 4.99 Å². The number of aliphatic imine (C=N–C) groups is 1. The van der Waals surface area contributed by atoms with E-state index in [9.17, 15) is 4.79 Å². The monoisotopic (exact) mass is 457 g/mol. The van der Waals surface area contributed by atoms with Gasteiger partial charge in [0.1, 0.15) is 5.82 Å². The van der Waals surface area contributed by atoms with E-state index in [0.29, 0.717) is 17.1 Å². The molecule has 6 rings (SSSR count). The number of nitrogens with one attached hydrogen (secondary N) is 2. The maximum absolute atomic E-state index is 13.3. The molecule has 2 aromatic heterocycles. The molecule has 174 valence electrons. The summed E-state index contributed by atoms with van der Waals surface area (Å²) in [5.74, 6) is 1.05. The minimum Gasteiger partial charge on any atom is -0.383 e. The number of aromatic nitrogens is 3. The van der Waals surface area contributed by atoms with Crippen LogP contribution in [0.3, 0.4) is 0 Å². The average Bonchev–Trinajstić information content (AvgIpc) is 3.54. The molecule has 0 spiro atoms. The summed E-state index contributed by atoms with van der Waals surface area (Å²) >= 11 is 0. The van der Waals surface area contributed by atoms with Crippen LogP contribution in [0.15, 0.2) is 53.7 Å². The van der Waals surface area contributed by atoms with Crippen molar-refractivity contribution >= 4 is 34.0 Å². The highest BCUT2D eigenvalue weighted by atomic mass is 16.5. The number of benzene rings is 1. The molecular formula is C25H27N7O2. The van der Waals surface area contributed by atoms with Crippen LogP contribution in [0.4, 0.5) is 5.82 Å². The van der Waals surface area contributed by atoms with Crippen molar-refractivity contribution < 1.29 is 9.53 Å². The smallest absolute Gasteiger partial charge is 0.214 e. The molecular weight excluding hydrogens is 430 g/mol. The zero-order valence-corrected chi connectivity index (χ0v) is 19.0. The first-order chi connectivity index (χ1) is 16.5. The largest absolute Gasteiger partial charge is 0.383 e. The van der Waals surface area contributed by atoms with E-state index >= 15 is 0 Å². The maximum atomic E-state index is 13.3. The van der Waals surface area contributed by atoms with Crippen molar-refractivity contribution in [3.8, 4) is 0 Å². The number of anilines is 1. The summed E-state index contributed by atoms with van der Waals surface area (Å²) in [6, 6.07) is 8.31. The fourth-order valence-electron chi connectivity index (χ4n) is 4.84. The molecule has 0 saturated carbocycles. The molecule has 1 aliphatic carbocycles. The molecule has 34 heavy (non-hydrogen) atoms. The van der Waals surface area contributed by atoms with Gasteiger partial charge in [-0.25, -0.2) is 4.68 Å². The van der Waals surface area contributed by atoms with E-state index in [-0.39, 0.29) is 17.9 Å². The Bertz CT molecular complexity index is 1360. The van der Waals surface area contributed by atoms with Crippen molar-refractivity contribution in [1.29, 1.82) is 0 Å². The number of nitrogens with two attached hydrogens (primary N) is 1. The second-order valence-electron chi connectivity index (χ2n) is 9.00. The number of ketones is 1. The highest BCUT2D eigenvalue weighted by Gasteiger charge is 2.27. The van der Waals surface area contributed by atoms with Gasteiger partial charge in [-0.05, 0) is 36.8 Å². The van der Waals surface area contributed by atoms with Crippen LogP contribution in [0.5, 0.6) is 0 Å². The standard InChI is InChI=1S/C25H27N7O2/c1-15-28-20-5-4-18(12-22(20)29-15)32-25(26)19(13-27-32)24(33)23-11-17-3-2-16(10-21(17)30-23)14-31-6-8-34-9-7-31/h2-5,10-13,20,22,30H,6-9,14,26H2,1H3,(H,28,29). The lowest BCUT2D eigenvalue weighted by molar-refractivity contribution is 0.0342. The van der Waals surface area contributed by atoms with Gasteiger partial charge in [-0.15, -0.1) is 0 Å². The van der Waals surface area contributed by atoms with Crippen molar-refractivity contribution in [1.82, 2.24) is 25.0 Å². The van der Waals surface area contributed by atoms with Crippen molar-refractivity contribution in [2.45, 2.75) is 25.6 Å². The minimum atomic E-state index is -0.177. The van der Waals surface area contributed by atoms with Crippen LogP contribution in [0.25, 0.3) is 16.6 Å². The molecule has 2 aliphatic heterocycles. The summed E-state index contributed by atoms with van der Waals surface area (Å²) in [6.45, 7) is 6.23. The van der Waals surface area contributed by atoms with Crippen LogP contribution in [0, 0.1) is 0 Å². The van der Waals surface area contributed by atoms with E-state index in [2.05, 4.69) is 49.6 Å². The van der Waals surface area contributed by atoms with E-state index in [1.165, 1.54) is 11.8 Å². The molecule has 2 unspecified atom stereocenters. The topological polar surface area (TPSA) is 114 Å². The van der Waals surface area contributed by atoms with Crippen molar-refractivity contribution in [2.75, 3.05) is 32.0 Å². The zero-order valence-electron chi connectivity index (χ0n) is 19.0. The highest BCUT2D eigenvalue weighted by Crippen LogP contribution is 2.26. The highest BCUT2D eigenvalue weighted by molar-refractivity contribution is 6.12. The molecule has 1 aromatic carbocycles. The second-order valence-corrected chi connectivity index (χ2v) is 9.00. The lowest BCUT2D eigenvalue weighted by Gasteiger charge is -2.26. The molecule has 1 saturated heterocycles. The van der Waals surface area contributed by atoms with Gasteiger partial charge in [0, 0.05) is 30.5 Å². The Hall–Kier alpha value is -3.69. The van der Waals surface area contributed by atoms with Crippen LogP contribution in [-0.4, -0.2) is 69.7 Å². The quantitative estimate of drug-likeness (QED) is 0.506. The predicted molar refractivity (Wildman–Crippen MR) is 132 cm³/mol. The molecule has 0 bridgehead atoms. The van der Waals surface area contributed by atoms with Crippen LogP contribution < -0.4 is 11.1 Å². The van der Waals surface area contributed by atoms with Gasteiger partial charge in [0.25, 0.3) is 0 Å². The number of ether oxygens (including phenoxy) is 1. The first-order valence-electron chi connectivity index (χ1n) is 11.6. The normalized spacial score (nSPS) is 22.4. The molecule has 9 heteroatoms. The van der Waals surface area contributed by atoms with Gasteiger partial charge >= 0.3 is 0 Å². The summed E-state index contributed by atoms with van der Waals surface area (Å²) in [5, 5.41) is 8.71. The van der Waals surface area contributed by atoms with Gasteiger partial charge in [0.05, 0.1) is 54.3 Å². The third kappa shape index (κ3) is 3.72. The number of aromatic amines is 1. The van der Waals surface area contributed by atoms with Gasteiger partial charge in [-0.2, -0.15) is 5.10 Å². The Labute approximate surface area is 197 Å². The molecule has 3 aliphatic rings. The fourth-order valence-corrected chi connectivity index (χ4v) is 4.84. The van der Waals surface area contributed by atoms with E-state index in [1.807, 2.05) is 25.1 Å². The van der Waals surface area contributed by atoms with E-state index in [1.54, 1.807) is 4.68 Å². The lowest BCUT2D eigenvalue weighted by atomic mass is 10.0. The molecule has 1 fully saturated rings. The first-order valence-corrected chi connectivity index (χ1v) is 11.6. The Kier molecular flexibility index (Phi) is 5.08. The molecule has 4 N–H and O–H groups in total. The minimum absolute atomic E-state index is 0.00289. The SMILES string of the molecule is CC1=NC2C=C(n3ncc(C(=O)c4cc5ccc(CN6CCOCC6)cc5[nH]4)c3N)C=CC2N1. The molecule has 3 aromatic rings. The summed E-state index contributed by atoms with van der Waals surface area (Å²) in [5.41, 5.74) is 10.2. The van der Waals surface area contributed by atoms with Gasteiger partial charge in [0.15, 0.2) is 0 Å². The number of nitrogens with zero attached hydrogens (tertiary/aromatic N) is 4. The van der Waals surface area contributed by atoms with Gasteiger partial charge in [-0.3, -0.25) is 14.7 Å². The number of H-pyrrole nitrogens is 1. The van der Waals surface area contributed by atoms with Crippen LogP contribution in [0.1, 0.15) is 28.5 Å². The van der Waals surface area contributed by atoms with Crippen LogP contribution >= 0.6 is 0 Å². The van der Waals surface area contributed by atoms with Crippen LogP contribution in [-0.2, 0) is 11.3 Å². The average molecular weight is 458 g/mol. The molecule has 0 amide bonds. The predicted octanol–water partition coefficient (Wildman–Crippen LogP) is 2.18. The number of allylic oxidation sites excluding steroid dienone is 2. The number of hydrogen-bond donors (Lipinski definition) is 3. The summed E-state index contributed by atoms with van der Waals surface area (Å²) < 4.78 is 7.04. The molecule has 4 heterocycles. The number of nitrogen functional groups attached to an aromatic ring is 1. The zero-order chi connectivity index (χ0) is 23.2. The summed E-state index contributed by atoms with van der Waals surface area (Å²) in [4.78, 5) is 23.5. The van der Waals surface area contributed by atoms with Gasteiger partial charge in [-0.1, -0.05) is 18.2 Å². The summed E-state index contributed by atoms with van der Waals surface area (Å²) in [6.07, 6.45) is 7.56. The summed E-state index contributed by atoms with van der Waals surface area (Å²) in [7, 11) is 0. The second kappa shape index (κ2) is 8.27. The molecule has 2 atom stereocenters. The number of carbonyl (C=O) groups excluding carboxylic acids is 1.